The van der Waals surface area contributed by atoms with E-state index in [1.165, 1.54) is 5.56 Å². The molecule has 6 nitrogen and oxygen atoms in total. The predicted molar refractivity (Wildman–Crippen MR) is 108 cm³/mol. The molecule has 0 aliphatic heterocycles. The van der Waals surface area contributed by atoms with Gasteiger partial charge in [-0.2, -0.15) is 4.98 Å². The minimum Gasteiger partial charge on any atom is -0.497 e. The van der Waals surface area contributed by atoms with Gasteiger partial charge in [0.15, 0.2) is 0 Å². The van der Waals surface area contributed by atoms with E-state index >= 15 is 0 Å². The first-order chi connectivity index (χ1) is 13.3. The van der Waals surface area contributed by atoms with E-state index in [-0.39, 0.29) is 0 Å². The second kappa shape index (κ2) is 9.43. The lowest BCUT2D eigenvalue weighted by Crippen LogP contribution is -2.07. The first kappa shape index (κ1) is 18.5. The van der Waals surface area contributed by atoms with Crippen molar-refractivity contribution >= 4 is 17.5 Å². The second-order valence-corrected chi connectivity index (χ2v) is 5.87. The van der Waals surface area contributed by atoms with Crippen molar-refractivity contribution in [2.24, 2.45) is 0 Å². The van der Waals surface area contributed by atoms with Crippen LogP contribution >= 0.6 is 0 Å². The molecule has 0 saturated heterocycles. The fraction of sp³-hybridized carbons (Fsp3) is 0.238. The first-order valence-electron chi connectivity index (χ1n) is 8.96. The van der Waals surface area contributed by atoms with Gasteiger partial charge in [0.25, 0.3) is 0 Å². The van der Waals surface area contributed by atoms with Gasteiger partial charge in [-0.05, 0) is 61.4 Å². The highest BCUT2D eigenvalue weighted by atomic mass is 16.5. The quantitative estimate of drug-likeness (QED) is 0.591. The molecule has 0 unspecified atom stereocenters. The van der Waals surface area contributed by atoms with Crippen LogP contribution in [0.1, 0.15) is 12.5 Å². The summed E-state index contributed by atoms with van der Waals surface area (Å²) in [5, 5.41) is 6.53. The monoisotopic (exact) mass is 364 g/mol. The number of aromatic nitrogens is 2. The first-order valence-corrected chi connectivity index (χ1v) is 8.96. The molecule has 0 aliphatic rings. The standard InChI is InChI=1S/C21H24N4O2/c1-3-27-19-10-6-17(7-11-19)24-21-23-15-13-20(25-21)22-14-12-16-4-8-18(26-2)9-5-16/h4-11,13,15H,3,12,14H2,1-2H3,(H2,22,23,24,25). The molecule has 0 aliphatic carbocycles. The smallest absolute Gasteiger partial charge is 0.229 e. The van der Waals surface area contributed by atoms with Crippen molar-refractivity contribution in [3.63, 3.8) is 0 Å². The van der Waals surface area contributed by atoms with Gasteiger partial charge in [-0.3, -0.25) is 0 Å². The summed E-state index contributed by atoms with van der Waals surface area (Å²) in [6.07, 6.45) is 2.63. The Morgan fingerprint density at radius 3 is 2.37 bits per heavy atom. The highest BCUT2D eigenvalue weighted by Gasteiger charge is 2.01. The van der Waals surface area contributed by atoms with E-state index in [0.29, 0.717) is 12.6 Å². The maximum absolute atomic E-state index is 5.45. The van der Waals surface area contributed by atoms with Crippen LogP contribution in [0.2, 0.25) is 0 Å². The third-order valence-corrected chi connectivity index (χ3v) is 3.96. The lowest BCUT2D eigenvalue weighted by molar-refractivity contribution is 0.340. The molecule has 0 fully saturated rings. The van der Waals surface area contributed by atoms with Crippen LogP contribution in [0.5, 0.6) is 11.5 Å². The number of ether oxygens (including phenoxy) is 2. The molecule has 0 amide bonds. The zero-order valence-electron chi connectivity index (χ0n) is 15.6. The molecular weight excluding hydrogens is 340 g/mol. The van der Waals surface area contributed by atoms with Crippen LogP contribution in [0.4, 0.5) is 17.5 Å². The van der Waals surface area contributed by atoms with Gasteiger partial charge in [0.2, 0.25) is 5.95 Å². The summed E-state index contributed by atoms with van der Waals surface area (Å²) in [5.41, 5.74) is 2.15. The molecule has 2 N–H and O–H groups in total. The molecule has 3 rings (SSSR count). The van der Waals surface area contributed by atoms with Crippen LogP contribution < -0.4 is 20.1 Å². The van der Waals surface area contributed by atoms with E-state index < -0.39 is 0 Å². The highest BCUT2D eigenvalue weighted by Crippen LogP contribution is 2.19. The summed E-state index contributed by atoms with van der Waals surface area (Å²) >= 11 is 0. The van der Waals surface area contributed by atoms with Crippen molar-refractivity contribution in [2.45, 2.75) is 13.3 Å². The number of hydrogen-bond acceptors (Lipinski definition) is 6. The third kappa shape index (κ3) is 5.60. The Bertz CT molecular complexity index is 836. The van der Waals surface area contributed by atoms with Gasteiger partial charge in [0.1, 0.15) is 17.3 Å². The van der Waals surface area contributed by atoms with E-state index in [0.717, 1.165) is 36.0 Å². The number of methoxy groups -OCH3 is 1. The molecule has 0 saturated carbocycles. The summed E-state index contributed by atoms with van der Waals surface area (Å²) < 4.78 is 10.6. The molecule has 0 spiro atoms. The van der Waals surface area contributed by atoms with E-state index in [1.807, 2.05) is 49.4 Å². The van der Waals surface area contributed by atoms with Crippen molar-refractivity contribution in [3.05, 3.63) is 66.4 Å². The van der Waals surface area contributed by atoms with E-state index in [9.17, 15) is 0 Å². The Labute approximate surface area is 159 Å². The molecule has 0 atom stereocenters. The van der Waals surface area contributed by atoms with Crippen molar-refractivity contribution < 1.29 is 9.47 Å². The summed E-state index contributed by atoms with van der Waals surface area (Å²) in [4.78, 5) is 8.77. The Balaban J connectivity index is 1.53. The van der Waals surface area contributed by atoms with Crippen LogP contribution in [-0.4, -0.2) is 30.2 Å². The zero-order valence-corrected chi connectivity index (χ0v) is 15.6. The Morgan fingerprint density at radius 1 is 0.926 bits per heavy atom. The Morgan fingerprint density at radius 2 is 1.67 bits per heavy atom. The predicted octanol–water partition coefficient (Wildman–Crippen LogP) is 4.28. The molecule has 27 heavy (non-hydrogen) atoms. The van der Waals surface area contributed by atoms with Gasteiger partial charge in [0.05, 0.1) is 13.7 Å². The zero-order chi connectivity index (χ0) is 18.9. The molecule has 0 radical (unpaired) electrons. The minimum atomic E-state index is 0.550. The van der Waals surface area contributed by atoms with Gasteiger partial charge >= 0.3 is 0 Å². The van der Waals surface area contributed by atoms with Crippen LogP contribution in [0, 0.1) is 0 Å². The largest absolute Gasteiger partial charge is 0.497 e. The van der Waals surface area contributed by atoms with E-state index in [4.69, 9.17) is 9.47 Å². The number of nitrogens with one attached hydrogen (secondary N) is 2. The van der Waals surface area contributed by atoms with Crippen LogP contribution in [0.3, 0.4) is 0 Å². The van der Waals surface area contributed by atoms with E-state index in [1.54, 1.807) is 13.3 Å². The summed E-state index contributed by atoms with van der Waals surface area (Å²) in [6, 6.07) is 17.7. The SMILES string of the molecule is CCOc1ccc(Nc2nccc(NCCc3ccc(OC)cc3)n2)cc1. The molecule has 6 heteroatoms. The van der Waals surface area contributed by atoms with E-state index in [2.05, 4.69) is 32.7 Å². The fourth-order valence-electron chi connectivity index (χ4n) is 2.57. The number of hydrogen-bond donors (Lipinski definition) is 2. The lowest BCUT2D eigenvalue weighted by atomic mass is 10.1. The third-order valence-electron chi connectivity index (χ3n) is 3.96. The Kier molecular flexibility index (Phi) is 6.46. The summed E-state index contributed by atoms with van der Waals surface area (Å²) in [5.74, 6) is 3.05. The summed E-state index contributed by atoms with van der Waals surface area (Å²) in [6.45, 7) is 3.40. The molecular formula is C21H24N4O2. The fourth-order valence-corrected chi connectivity index (χ4v) is 2.57. The average molecular weight is 364 g/mol. The second-order valence-electron chi connectivity index (χ2n) is 5.87. The number of nitrogens with zero attached hydrogens (tertiary/aromatic N) is 2. The lowest BCUT2D eigenvalue weighted by Gasteiger charge is -2.09. The highest BCUT2D eigenvalue weighted by molar-refractivity contribution is 5.55. The topological polar surface area (TPSA) is 68.3 Å². The van der Waals surface area contributed by atoms with Crippen molar-refractivity contribution in [2.75, 3.05) is 30.9 Å². The molecule has 2 aromatic carbocycles. The van der Waals surface area contributed by atoms with Gasteiger partial charge in [-0.15, -0.1) is 0 Å². The molecule has 0 bridgehead atoms. The van der Waals surface area contributed by atoms with Crippen LogP contribution in [0.15, 0.2) is 60.8 Å². The number of rotatable bonds is 9. The van der Waals surface area contributed by atoms with Crippen molar-refractivity contribution in [1.29, 1.82) is 0 Å². The minimum absolute atomic E-state index is 0.550. The van der Waals surface area contributed by atoms with Gasteiger partial charge in [-0.25, -0.2) is 4.98 Å². The van der Waals surface area contributed by atoms with Crippen LogP contribution in [-0.2, 0) is 6.42 Å². The molecule has 1 heterocycles. The maximum atomic E-state index is 5.45. The van der Waals surface area contributed by atoms with Gasteiger partial charge in [0, 0.05) is 18.4 Å². The number of benzene rings is 2. The van der Waals surface area contributed by atoms with Crippen molar-refractivity contribution in [1.82, 2.24) is 9.97 Å². The maximum Gasteiger partial charge on any atom is 0.229 e. The molecule has 140 valence electrons. The van der Waals surface area contributed by atoms with Gasteiger partial charge in [-0.1, -0.05) is 12.1 Å². The number of anilines is 3. The Hall–Kier alpha value is -3.28. The molecule has 3 aromatic rings. The normalized spacial score (nSPS) is 10.3. The molecule has 1 aromatic heterocycles. The average Bonchev–Trinajstić information content (AvgIpc) is 2.71. The van der Waals surface area contributed by atoms with Crippen molar-refractivity contribution in [3.8, 4) is 11.5 Å². The summed E-state index contributed by atoms with van der Waals surface area (Å²) in [7, 11) is 1.67. The van der Waals surface area contributed by atoms with Gasteiger partial charge < -0.3 is 20.1 Å². The van der Waals surface area contributed by atoms with Crippen LogP contribution in [0.25, 0.3) is 0 Å².